The van der Waals surface area contributed by atoms with E-state index in [-0.39, 0.29) is 35.2 Å². The van der Waals surface area contributed by atoms with Crippen LogP contribution >= 0.6 is 0 Å². The van der Waals surface area contributed by atoms with Gasteiger partial charge in [0, 0.05) is 41.1 Å². The molecule has 0 unspecified atom stereocenters. The van der Waals surface area contributed by atoms with Crippen molar-refractivity contribution in [1.29, 1.82) is 5.26 Å². The number of ether oxygens (including phenoxy) is 1. The summed E-state index contributed by atoms with van der Waals surface area (Å²) in [5, 5.41) is 15.8. The van der Waals surface area contributed by atoms with Crippen molar-refractivity contribution in [2.24, 2.45) is 0 Å². The summed E-state index contributed by atoms with van der Waals surface area (Å²) >= 11 is 0. The van der Waals surface area contributed by atoms with E-state index in [4.69, 9.17) is 10.00 Å². The molecule has 0 saturated carbocycles. The van der Waals surface area contributed by atoms with Crippen LogP contribution in [0.5, 0.6) is 0 Å². The fraction of sp³-hybridized carbons (Fsp3) is 0.167. The average Bonchev–Trinajstić information content (AvgIpc) is 3.26. The third-order valence-corrected chi connectivity index (χ3v) is 4.96. The second-order valence-corrected chi connectivity index (χ2v) is 7.51. The van der Waals surface area contributed by atoms with Crippen molar-refractivity contribution in [2.75, 3.05) is 11.9 Å². The van der Waals surface area contributed by atoms with Crippen LogP contribution in [0.3, 0.4) is 0 Å². The number of pyridine rings is 1. The number of alkyl halides is 3. The van der Waals surface area contributed by atoms with Gasteiger partial charge in [-0.2, -0.15) is 28.5 Å². The lowest BCUT2D eigenvalue weighted by Gasteiger charge is -2.13. The van der Waals surface area contributed by atoms with Gasteiger partial charge in [-0.15, -0.1) is 0 Å². The Balaban J connectivity index is 1.85. The standard InChI is InChI=1S/C24H18F3N7O2/c1-3-36-22(35)17-9-16(11-29-12-17)19-13-30-23(31-18-6-4-5-15(8-18)10-28)32-21(19)34-14(2)7-20(33-34)24(25,26)27/h4-9,11-13H,3H2,1-2H3,(H,30,31,32). The number of nitrogens with one attached hydrogen (secondary N) is 1. The van der Waals surface area contributed by atoms with E-state index in [1.54, 1.807) is 31.2 Å². The summed E-state index contributed by atoms with van der Waals surface area (Å²) in [6.07, 6.45) is -0.522. The number of halogens is 3. The van der Waals surface area contributed by atoms with E-state index in [1.165, 1.54) is 31.6 Å². The molecule has 0 aliphatic rings. The zero-order valence-electron chi connectivity index (χ0n) is 19.0. The Morgan fingerprint density at radius 1 is 1.19 bits per heavy atom. The number of benzene rings is 1. The molecular weight excluding hydrogens is 475 g/mol. The van der Waals surface area contributed by atoms with Gasteiger partial charge in [0.2, 0.25) is 5.95 Å². The maximum Gasteiger partial charge on any atom is 0.435 e. The van der Waals surface area contributed by atoms with E-state index in [1.807, 2.05) is 6.07 Å². The normalized spacial score (nSPS) is 11.1. The zero-order chi connectivity index (χ0) is 25.9. The smallest absolute Gasteiger partial charge is 0.435 e. The van der Waals surface area contributed by atoms with Crippen molar-refractivity contribution in [3.8, 4) is 23.0 Å². The Bertz CT molecular complexity index is 1480. The van der Waals surface area contributed by atoms with E-state index in [0.29, 0.717) is 16.8 Å². The summed E-state index contributed by atoms with van der Waals surface area (Å²) in [6, 6.07) is 11.0. The van der Waals surface area contributed by atoms with E-state index >= 15 is 0 Å². The van der Waals surface area contributed by atoms with Gasteiger partial charge in [-0.05, 0) is 44.2 Å². The monoisotopic (exact) mass is 493 g/mol. The molecule has 0 amide bonds. The predicted octanol–water partition coefficient (Wildman–Crippen LogP) is 4.84. The zero-order valence-corrected chi connectivity index (χ0v) is 19.0. The Morgan fingerprint density at radius 2 is 2.00 bits per heavy atom. The molecule has 36 heavy (non-hydrogen) atoms. The topological polar surface area (TPSA) is 119 Å². The molecule has 0 aliphatic heterocycles. The van der Waals surface area contributed by atoms with Crippen LogP contribution in [-0.2, 0) is 10.9 Å². The first-order valence-electron chi connectivity index (χ1n) is 10.6. The summed E-state index contributed by atoms with van der Waals surface area (Å²) < 4.78 is 46.2. The van der Waals surface area contributed by atoms with Crippen molar-refractivity contribution in [2.45, 2.75) is 20.0 Å². The first kappa shape index (κ1) is 24.3. The molecule has 0 bridgehead atoms. The Kier molecular flexibility index (Phi) is 6.64. The highest BCUT2D eigenvalue weighted by Gasteiger charge is 2.35. The van der Waals surface area contributed by atoms with Gasteiger partial charge in [0.1, 0.15) is 0 Å². The summed E-state index contributed by atoms with van der Waals surface area (Å²) in [6.45, 7) is 3.29. The highest BCUT2D eigenvalue weighted by atomic mass is 19.4. The SMILES string of the molecule is CCOC(=O)c1cncc(-c2cnc(Nc3cccc(C#N)c3)nc2-n2nc(C(F)(F)F)cc2C)c1. The lowest BCUT2D eigenvalue weighted by Crippen LogP contribution is -2.11. The van der Waals surface area contributed by atoms with Gasteiger partial charge >= 0.3 is 12.1 Å². The number of hydrogen-bond acceptors (Lipinski definition) is 8. The van der Waals surface area contributed by atoms with Crippen LogP contribution in [0.2, 0.25) is 0 Å². The van der Waals surface area contributed by atoms with Gasteiger partial charge < -0.3 is 10.1 Å². The second-order valence-electron chi connectivity index (χ2n) is 7.51. The molecule has 1 N–H and O–H groups in total. The summed E-state index contributed by atoms with van der Waals surface area (Å²) in [4.78, 5) is 25.0. The van der Waals surface area contributed by atoms with Crippen LogP contribution < -0.4 is 5.32 Å². The Morgan fingerprint density at radius 3 is 2.69 bits per heavy atom. The predicted molar refractivity (Wildman–Crippen MR) is 123 cm³/mol. The minimum absolute atomic E-state index is 0.0275. The van der Waals surface area contributed by atoms with Crippen LogP contribution in [0.4, 0.5) is 24.8 Å². The quantitative estimate of drug-likeness (QED) is 0.379. The van der Waals surface area contributed by atoms with Crippen molar-refractivity contribution >= 4 is 17.6 Å². The summed E-state index contributed by atoms with van der Waals surface area (Å²) in [7, 11) is 0. The molecule has 0 atom stereocenters. The molecule has 3 heterocycles. The first-order valence-corrected chi connectivity index (χ1v) is 10.6. The number of nitrogens with zero attached hydrogens (tertiary/aromatic N) is 6. The number of aryl methyl sites for hydroxylation is 1. The minimum atomic E-state index is -4.66. The lowest BCUT2D eigenvalue weighted by atomic mass is 10.1. The van der Waals surface area contributed by atoms with Gasteiger partial charge in [-0.25, -0.2) is 14.5 Å². The van der Waals surface area contributed by atoms with Gasteiger partial charge in [0.25, 0.3) is 0 Å². The van der Waals surface area contributed by atoms with Crippen LogP contribution in [0.25, 0.3) is 16.9 Å². The van der Waals surface area contributed by atoms with E-state index < -0.39 is 17.8 Å². The number of carbonyl (C=O) groups excluding carboxylic acids is 1. The molecule has 3 aromatic heterocycles. The third kappa shape index (κ3) is 5.15. The number of hydrogen-bond donors (Lipinski definition) is 1. The van der Waals surface area contributed by atoms with Gasteiger partial charge in [-0.3, -0.25) is 4.98 Å². The fourth-order valence-corrected chi connectivity index (χ4v) is 3.33. The molecule has 0 fully saturated rings. The number of aromatic nitrogens is 5. The maximum absolute atomic E-state index is 13.4. The largest absolute Gasteiger partial charge is 0.462 e. The molecular formula is C24H18F3N7O2. The molecule has 0 saturated heterocycles. The number of carbonyl (C=O) groups is 1. The van der Waals surface area contributed by atoms with Crippen molar-refractivity contribution in [3.63, 3.8) is 0 Å². The second kappa shape index (κ2) is 9.83. The van der Waals surface area contributed by atoms with Crippen LogP contribution in [0.15, 0.2) is 55.0 Å². The van der Waals surface area contributed by atoms with Gasteiger partial charge in [0.05, 0.1) is 23.8 Å². The summed E-state index contributed by atoms with van der Waals surface area (Å²) in [5.74, 6) is -0.513. The number of rotatable bonds is 6. The lowest BCUT2D eigenvalue weighted by molar-refractivity contribution is -0.141. The van der Waals surface area contributed by atoms with Gasteiger partial charge in [0.15, 0.2) is 11.5 Å². The van der Waals surface area contributed by atoms with E-state index in [0.717, 1.165) is 10.7 Å². The Hall–Kier alpha value is -4.79. The highest BCUT2D eigenvalue weighted by Crippen LogP contribution is 2.32. The van der Waals surface area contributed by atoms with Crippen molar-refractivity contribution in [1.82, 2.24) is 24.7 Å². The number of nitriles is 1. The van der Waals surface area contributed by atoms with Gasteiger partial charge in [-0.1, -0.05) is 6.07 Å². The third-order valence-electron chi connectivity index (χ3n) is 4.96. The van der Waals surface area contributed by atoms with E-state index in [9.17, 15) is 18.0 Å². The molecule has 9 nitrogen and oxygen atoms in total. The molecule has 0 aliphatic carbocycles. The molecule has 4 aromatic rings. The molecule has 0 radical (unpaired) electrons. The molecule has 1 aromatic carbocycles. The average molecular weight is 493 g/mol. The molecule has 0 spiro atoms. The maximum atomic E-state index is 13.4. The fourth-order valence-electron chi connectivity index (χ4n) is 3.33. The van der Waals surface area contributed by atoms with Crippen LogP contribution in [0, 0.1) is 18.3 Å². The van der Waals surface area contributed by atoms with Crippen molar-refractivity contribution in [3.05, 3.63) is 77.5 Å². The summed E-state index contributed by atoms with van der Waals surface area (Å²) in [5.41, 5.74) is 0.808. The van der Waals surface area contributed by atoms with E-state index in [2.05, 4.69) is 25.4 Å². The first-order chi connectivity index (χ1) is 17.2. The molecule has 4 rings (SSSR count). The van der Waals surface area contributed by atoms with Crippen LogP contribution in [-0.4, -0.2) is 37.3 Å². The van der Waals surface area contributed by atoms with Crippen LogP contribution in [0.1, 0.15) is 34.2 Å². The van der Waals surface area contributed by atoms with Crippen molar-refractivity contribution < 1.29 is 22.7 Å². The Labute approximate surface area is 203 Å². The molecule has 12 heteroatoms. The highest BCUT2D eigenvalue weighted by molar-refractivity contribution is 5.91. The minimum Gasteiger partial charge on any atom is -0.462 e. The number of esters is 1. The molecule has 182 valence electrons. The number of anilines is 2.